The van der Waals surface area contributed by atoms with Gasteiger partial charge in [0, 0.05) is 6.54 Å². The van der Waals surface area contributed by atoms with Crippen molar-refractivity contribution in [3.63, 3.8) is 0 Å². The van der Waals surface area contributed by atoms with E-state index in [0.717, 1.165) is 17.9 Å². The molecule has 1 atom stereocenters. The number of aliphatic hydroxyl groups is 1. The Morgan fingerprint density at radius 2 is 2.06 bits per heavy atom. The van der Waals surface area contributed by atoms with E-state index in [0.29, 0.717) is 5.92 Å². The third kappa shape index (κ3) is 3.72. The van der Waals surface area contributed by atoms with Gasteiger partial charge in [0.2, 0.25) is 0 Å². The van der Waals surface area contributed by atoms with Crippen molar-refractivity contribution in [2.24, 2.45) is 11.7 Å². The fourth-order valence-electron chi connectivity index (χ4n) is 2.52. The molecule has 1 aliphatic rings. The normalized spacial score (nSPS) is 18.6. The summed E-state index contributed by atoms with van der Waals surface area (Å²) in [5.41, 5.74) is 6.29. The molecule has 0 bridgehead atoms. The molecule has 100 valence electrons. The van der Waals surface area contributed by atoms with Gasteiger partial charge in [-0.25, -0.2) is 0 Å². The Morgan fingerprint density at radius 1 is 1.28 bits per heavy atom. The number of rotatable bonds is 5. The largest absolute Gasteiger partial charge is 0.493 e. The molecule has 0 heterocycles. The summed E-state index contributed by atoms with van der Waals surface area (Å²) in [4.78, 5) is 0. The van der Waals surface area contributed by atoms with Gasteiger partial charge in [-0.15, -0.1) is 0 Å². The zero-order chi connectivity index (χ0) is 12.8. The molecule has 0 aliphatic heterocycles. The van der Waals surface area contributed by atoms with Gasteiger partial charge < -0.3 is 15.6 Å². The molecule has 0 spiro atoms. The van der Waals surface area contributed by atoms with Gasteiger partial charge in [-0.1, -0.05) is 31.4 Å². The molecule has 1 aromatic carbocycles. The van der Waals surface area contributed by atoms with Crippen LogP contribution < -0.4 is 10.5 Å². The zero-order valence-electron chi connectivity index (χ0n) is 10.8. The van der Waals surface area contributed by atoms with E-state index in [-0.39, 0.29) is 6.54 Å². The molecule has 0 aromatic heterocycles. The second kappa shape index (κ2) is 6.76. The van der Waals surface area contributed by atoms with Crippen LogP contribution in [-0.2, 0) is 0 Å². The molecule has 0 unspecified atom stereocenters. The number of benzene rings is 1. The molecule has 3 N–H and O–H groups in total. The van der Waals surface area contributed by atoms with Gasteiger partial charge in [-0.3, -0.25) is 0 Å². The Bertz CT molecular complexity index is 361. The van der Waals surface area contributed by atoms with Gasteiger partial charge in [0.1, 0.15) is 5.75 Å². The van der Waals surface area contributed by atoms with Crippen LogP contribution in [0.4, 0.5) is 0 Å². The van der Waals surface area contributed by atoms with Crippen molar-refractivity contribution in [3.8, 4) is 5.75 Å². The summed E-state index contributed by atoms with van der Waals surface area (Å²) in [5, 5.41) is 9.69. The Labute approximate surface area is 109 Å². The molecule has 1 aliphatic carbocycles. The number of hydrogen-bond donors (Lipinski definition) is 2. The van der Waals surface area contributed by atoms with E-state index in [9.17, 15) is 5.11 Å². The standard InChI is InChI=1S/C15H23NO2/c16-10-15(17)13-7-4-8-14(9-13)18-11-12-5-2-1-3-6-12/h4,7-9,12,15,17H,1-3,5-6,10-11,16H2/t15-/m1/s1. The molecule has 2 rings (SSSR count). The quantitative estimate of drug-likeness (QED) is 0.843. The molecule has 3 nitrogen and oxygen atoms in total. The first kappa shape index (κ1) is 13.4. The van der Waals surface area contributed by atoms with Crippen LogP contribution in [0.3, 0.4) is 0 Å². The minimum absolute atomic E-state index is 0.242. The molecular weight excluding hydrogens is 226 g/mol. The van der Waals surface area contributed by atoms with Crippen molar-refractivity contribution in [2.75, 3.05) is 13.2 Å². The first-order valence-corrected chi connectivity index (χ1v) is 6.90. The van der Waals surface area contributed by atoms with Crippen molar-refractivity contribution >= 4 is 0 Å². The van der Waals surface area contributed by atoms with E-state index in [1.165, 1.54) is 32.1 Å². The van der Waals surface area contributed by atoms with Crippen LogP contribution in [0, 0.1) is 5.92 Å². The Hall–Kier alpha value is -1.06. The van der Waals surface area contributed by atoms with Crippen LogP contribution in [0.2, 0.25) is 0 Å². The second-order valence-corrected chi connectivity index (χ2v) is 5.14. The van der Waals surface area contributed by atoms with E-state index in [2.05, 4.69) is 0 Å². The lowest BCUT2D eigenvalue weighted by molar-refractivity contribution is 0.184. The van der Waals surface area contributed by atoms with Crippen LogP contribution in [0.5, 0.6) is 5.75 Å². The predicted molar refractivity (Wildman–Crippen MR) is 72.5 cm³/mol. The summed E-state index contributed by atoms with van der Waals surface area (Å²) >= 11 is 0. The molecule has 1 fully saturated rings. The highest BCUT2D eigenvalue weighted by atomic mass is 16.5. The van der Waals surface area contributed by atoms with Gasteiger partial charge in [-0.05, 0) is 36.5 Å². The van der Waals surface area contributed by atoms with Crippen LogP contribution >= 0.6 is 0 Å². The van der Waals surface area contributed by atoms with Crippen molar-refractivity contribution < 1.29 is 9.84 Å². The summed E-state index contributed by atoms with van der Waals surface area (Å²) in [6, 6.07) is 7.62. The van der Waals surface area contributed by atoms with Crippen molar-refractivity contribution in [1.82, 2.24) is 0 Å². The average Bonchev–Trinajstić information content (AvgIpc) is 2.45. The van der Waals surface area contributed by atoms with Crippen molar-refractivity contribution in [2.45, 2.75) is 38.2 Å². The summed E-state index contributed by atoms with van der Waals surface area (Å²) in [5.74, 6) is 1.53. The van der Waals surface area contributed by atoms with E-state index in [4.69, 9.17) is 10.5 Å². The minimum Gasteiger partial charge on any atom is -0.493 e. The Kier molecular flexibility index (Phi) is 5.02. The maximum atomic E-state index is 9.69. The van der Waals surface area contributed by atoms with Crippen LogP contribution in [-0.4, -0.2) is 18.3 Å². The first-order valence-electron chi connectivity index (χ1n) is 6.90. The number of ether oxygens (including phenoxy) is 1. The van der Waals surface area contributed by atoms with Gasteiger partial charge in [0.25, 0.3) is 0 Å². The molecule has 3 heteroatoms. The molecule has 18 heavy (non-hydrogen) atoms. The smallest absolute Gasteiger partial charge is 0.119 e. The lowest BCUT2D eigenvalue weighted by Gasteiger charge is -2.22. The SMILES string of the molecule is NC[C@@H](O)c1cccc(OCC2CCCCC2)c1. The molecule has 0 amide bonds. The number of hydrogen-bond acceptors (Lipinski definition) is 3. The average molecular weight is 249 g/mol. The fraction of sp³-hybridized carbons (Fsp3) is 0.600. The molecule has 0 saturated heterocycles. The highest BCUT2D eigenvalue weighted by Crippen LogP contribution is 2.25. The lowest BCUT2D eigenvalue weighted by Crippen LogP contribution is -2.15. The summed E-state index contributed by atoms with van der Waals surface area (Å²) < 4.78 is 5.83. The molecule has 1 saturated carbocycles. The van der Waals surface area contributed by atoms with E-state index < -0.39 is 6.10 Å². The third-order valence-electron chi connectivity index (χ3n) is 3.68. The highest BCUT2D eigenvalue weighted by molar-refractivity contribution is 5.30. The summed E-state index contributed by atoms with van der Waals surface area (Å²) in [7, 11) is 0. The van der Waals surface area contributed by atoms with E-state index in [1.54, 1.807) is 0 Å². The second-order valence-electron chi connectivity index (χ2n) is 5.14. The maximum Gasteiger partial charge on any atom is 0.119 e. The third-order valence-corrected chi connectivity index (χ3v) is 3.68. The van der Waals surface area contributed by atoms with Crippen molar-refractivity contribution in [1.29, 1.82) is 0 Å². The summed E-state index contributed by atoms with van der Waals surface area (Å²) in [6.45, 7) is 1.04. The maximum absolute atomic E-state index is 9.69. The van der Waals surface area contributed by atoms with Crippen LogP contribution in [0.1, 0.15) is 43.8 Å². The first-order chi connectivity index (χ1) is 8.79. The molecule has 0 radical (unpaired) electrons. The number of nitrogens with two attached hydrogens (primary N) is 1. The highest BCUT2D eigenvalue weighted by Gasteiger charge is 2.14. The lowest BCUT2D eigenvalue weighted by atomic mass is 9.90. The van der Waals surface area contributed by atoms with Gasteiger partial charge in [0.05, 0.1) is 12.7 Å². The van der Waals surface area contributed by atoms with Crippen LogP contribution in [0.15, 0.2) is 24.3 Å². The van der Waals surface area contributed by atoms with Crippen LogP contribution in [0.25, 0.3) is 0 Å². The predicted octanol–water partition coefficient (Wildman–Crippen LogP) is 2.64. The monoisotopic (exact) mass is 249 g/mol. The van der Waals surface area contributed by atoms with Gasteiger partial charge >= 0.3 is 0 Å². The summed E-state index contributed by atoms with van der Waals surface area (Å²) in [6.07, 6.45) is 6.01. The number of aliphatic hydroxyl groups excluding tert-OH is 1. The molecule has 1 aromatic rings. The Morgan fingerprint density at radius 3 is 2.78 bits per heavy atom. The van der Waals surface area contributed by atoms with Gasteiger partial charge in [0.15, 0.2) is 0 Å². The van der Waals surface area contributed by atoms with Crippen molar-refractivity contribution in [3.05, 3.63) is 29.8 Å². The zero-order valence-corrected chi connectivity index (χ0v) is 10.8. The molecular formula is C15H23NO2. The van der Waals surface area contributed by atoms with Gasteiger partial charge in [-0.2, -0.15) is 0 Å². The fourth-order valence-corrected chi connectivity index (χ4v) is 2.52. The van der Waals surface area contributed by atoms with E-state index >= 15 is 0 Å². The topological polar surface area (TPSA) is 55.5 Å². The minimum atomic E-state index is -0.594. The van der Waals surface area contributed by atoms with E-state index in [1.807, 2.05) is 24.3 Å². The Balaban J connectivity index is 1.88.